The molecule has 1 fully saturated rings. The van der Waals surface area contributed by atoms with Gasteiger partial charge in [-0.2, -0.15) is 0 Å². The van der Waals surface area contributed by atoms with Gasteiger partial charge in [0.1, 0.15) is 0 Å². The highest BCUT2D eigenvalue weighted by Crippen LogP contribution is 2.50. The predicted octanol–water partition coefficient (Wildman–Crippen LogP) is 0.890. The monoisotopic (exact) mass is 171 g/mol. The molecule has 1 aliphatic carbocycles. The van der Waals surface area contributed by atoms with Crippen LogP contribution in [0.4, 0.5) is 0 Å². The van der Waals surface area contributed by atoms with Crippen molar-refractivity contribution in [2.24, 2.45) is 5.41 Å². The molecule has 12 heavy (non-hydrogen) atoms. The lowest BCUT2D eigenvalue weighted by atomic mass is 9.97. The average molecular weight is 171 g/mol. The van der Waals surface area contributed by atoms with Crippen LogP contribution in [0.15, 0.2) is 0 Å². The van der Waals surface area contributed by atoms with Crippen molar-refractivity contribution in [3.63, 3.8) is 0 Å². The lowest BCUT2D eigenvalue weighted by Crippen LogP contribution is -2.39. The summed E-state index contributed by atoms with van der Waals surface area (Å²) in [6, 6.07) is 0.282. The van der Waals surface area contributed by atoms with E-state index in [-0.39, 0.29) is 17.4 Å². The summed E-state index contributed by atoms with van der Waals surface area (Å²) < 4.78 is 4.78. The first-order valence-electron chi connectivity index (χ1n) is 4.29. The van der Waals surface area contributed by atoms with E-state index in [1.165, 1.54) is 7.11 Å². The van der Waals surface area contributed by atoms with Crippen molar-refractivity contribution >= 4 is 5.97 Å². The van der Waals surface area contributed by atoms with Gasteiger partial charge in [-0.3, -0.25) is 4.79 Å². The zero-order valence-electron chi connectivity index (χ0n) is 8.26. The number of carbonyl (C=O) groups excluding carboxylic acids is 1. The number of carbonyl (C=O) groups is 1. The zero-order chi connectivity index (χ0) is 9.35. The molecule has 0 spiro atoms. The van der Waals surface area contributed by atoms with Gasteiger partial charge >= 0.3 is 5.97 Å². The third-order valence-corrected chi connectivity index (χ3v) is 2.95. The molecule has 3 heteroatoms. The second-order valence-electron chi connectivity index (χ2n) is 3.79. The molecular formula is C9H17NO2. The first kappa shape index (κ1) is 9.52. The summed E-state index contributed by atoms with van der Waals surface area (Å²) in [7, 11) is 5.45. The smallest absolute Gasteiger partial charge is 0.313 e. The van der Waals surface area contributed by atoms with Gasteiger partial charge in [0.2, 0.25) is 0 Å². The van der Waals surface area contributed by atoms with Crippen molar-refractivity contribution in [3.05, 3.63) is 0 Å². The molecule has 0 radical (unpaired) electrons. The van der Waals surface area contributed by atoms with Crippen molar-refractivity contribution in [2.45, 2.75) is 25.8 Å². The Hall–Kier alpha value is -0.570. The van der Waals surface area contributed by atoms with Crippen LogP contribution in [0.1, 0.15) is 19.8 Å². The van der Waals surface area contributed by atoms with Crippen molar-refractivity contribution < 1.29 is 9.53 Å². The standard InChI is InChI=1S/C9H17NO2/c1-7(10(2)3)9(5-6-9)8(11)12-4/h7H,5-6H2,1-4H3. The van der Waals surface area contributed by atoms with E-state index in [4.69, 9.17) is 4.74 Å². The van der Waals surface area contributed by atoms with Crippen molar-refractivity contribution in [1.82, 2.24) is 4.90 Å². The molecule has 0 aliphatic heterocycles. The number of methoxy groups -OCH3 is 1. The minimum atomic E-state index is -0.196. The third-order valence-electron chi connectivity index (χ3n) is 2.95. The SMILES string of the molecule is COC(=O)C1(C(C)N(C)C)CC1. The topological polar surface area (TPSA) is 29.5 Å². The molecule has 1 unspecified atom stereocenters. The maximum Gasteiger partial charge on any atom is 0.313 e. The largest absolute Gasteiger partial charge is 0.469 e. The van der Waals surface area contributed by atoms with Crippen LogP contribution in [0, 0.1) is 5.41 Å². The molecule has 1 aliphatic rings. The van der Waals surface area contributed by atoms with Crippen molar-refractivity contribution in [2.75, 3.05) is 21.2 Å². The third kappa shape index (κ3) is 1.33. The average Bonchev–Trinajstić information content (AvgIpc) is 2.82. The van der Waals surface area contributed by atoms with Crippen LogP contribution in [0.25, 0.3) is 0 Å². The van der Waals surface area contributed by atoms with Crippen LogP contribution >= 0.6 is 0 Å². The molecule has 1 rings (SSSR count). The van der Waals surface area contributed by atoms with Crippen LogP contribution < -0.4 is 0 Å². The van der Waals surface area contributed by atoms with Gasteiger partial charge in [-0.1, -0.05) is 0 Å². The van der Waals surface area contributed by atoms with Gasteiger partial charge in [0.15, 0.2) is 0 Å². The molecule has 0 aromatic carbocycles. The van der Waals surface area contributed by atoms with E-state index in [0.29, 0.717) is 0 Å². The highest BCUT2D eigenvalue weighted by Gasteiger charge is 2.55. The quantitative estimate of drug-likeness (QED) is 0.591. The van der Waals surface area contributed by atoms with E-state index in [9.17, 15) is 4.79 Å². The molecule has 0 aromatic rings. The maximum atomic E-state index is 11.4. The van der Waals surface area contributed by atoms with Crippen LogP contribution in [-0.2, 0) is 9.53 Å². The number of nitrogens with zero attached hydrogens (tertiary/aromatic N) is 1. The van der Waals surface area contributed by atoms with Gasteiger partial charge in [-0.05, 0) is 33.9 Å². The van der Waals surface area contributed by atoms with Gasteiger partial charge in [0.05, 0.1) is 12.5 Å². The van der Waals surface area contributed by atoms with Crippen molar-refractivity contribution in [3.8, 4) is 0 Å². The molecule has 1 atom stereocenters. The predicted molar refractivity (Wildman–Crippen MR) is 46.8 cm³/mol. The zero-order valence-corrected chi connectivity index (χ0v) is 8.26. The molecular weight excluding hydrogens is 154 g/mol. The maximum absolute atomic E-state index is 11.4. The fraction of sp³-hybridized carbons (Fsp3) is 0.889. The van der Waals surface area contributed by atoms with Crippen LogP contribution in [0.2, 0.25) is 0 Å². The van der Waals surface area contributed by atoms with E-state index in [1.807, 2.05) is 14.1 Å². The highest BCUT2D eigenvalue weighted by molar-refractivity contribution is 5.80. The van der Waals surface area contributed by atoms with E-state index < -0.39 is 0 Å². The molecule has 3 nitrogen and oxygen atoms in total. The molecule has 0 aromatic heterocycles. The summed E-state index contributed by atoms with van der Waals surface area (Å²) in [6.07, 6.45) is 1.94. The number of esters is 1. The molecule has 0 bridgehead atoms. The first-order valence-corrected chi connectivity index (χ1v) is 4.29. The van der Waals surface area contributed by atoms with E-state index in [2.05, 4.69) is 11.8 Å². The second-order valence-corrected chi connectivity index (χ2v) is 3.79. The van der Waals surface area contributed by atoms with Gasteiger partial charge in [-0.15, -0.1) is 0 Å². The minimum absolute atomic E-state index is 0.0521. The summed E-state index contributed by atoms with van der Waals surface area (Å²) in [5.41, 5.74) is -0.196. The molecule has 1 saturated carbocycles. The lowest BCUT2D eigenvalue weighted by molar-refractivity contribution is -0.149. The van der Waals surface area contributed by atoms with Gasteiger partial charge in [-0.25, -0.2) is 0 Å². The normalized spacial score (nSPS) is 22.1. The molecule has 70 valence electrons. The van der Waals surface area contributed by atoms with E-state index in [1.54, 1.807) is 0 Å². The van der Waals surface area contributed by atoms with Crippen LogP contribution in [-0.4, -0.2) is 38.1 Å². The summed E-state index contributed by atoms with van der Waals surface area (Å²) >= 11 is 0. The summed E-state index contributed by atoms with van der Waals surface area (Å²) in [6.45, 7) is 2.07. The summed E-state index contributed by atoms with van der Waals surface area (Å²) in [4.78, 5) is 13.5. The number of hydrogen-bond donors (Lipinski definition) is 0. The fourth-order valence-corrected chi connectivity index (χ4v) is 1.62. The summed E-state index contributed by atoms with van der Waals surface area (Å²) in [5.74, 6) is -0.0521. The Morgan fingerprint density at radius 2 is 2.00 bits per heavy atom. The Morgan fingerprint density at radius 1 is 1.50 bits per heavy atom. The Morgan fingerprint density at radius 3 is 2.25 bits per heavy atom. The van der Waals surface area contributed by atoms with Crippen LogP contribution in [0.5, 0.6) is 0 Å². The van der Waals surface area contributed by atoms with Crippen molar-refractivity contribution in [1.29, 1.82) is 0 Å². The number of hydrogen-bond acceptors (Lipinski definition) is 3. The molecule has 0 saturated heterocycles. The van der Waals surface area contributed by atoms with Gasteiger partial charge in [0.25, 0.3) is 0 Å². The number of rotatable bonds is 3. The van der Waals surface area contributed by atoms with E-state index >= 15 is 0 Å². The highest BCUT2D eigenvalue weighted by atomic mass is 16.5. The lowest BCUT2D eigenvalue weighted by Gasteiger charge is -2.26. The van der Waals surface area contributed by atoms with E-state index in [0.717, 1.165) is 12.8 Å². The number of ether oxygens (including phenoxy) is 1. The molecule has 0 N–H and O–H groups in total. The molecule has 0 heterocycles. The Labute approximate surface area is 73.7 Å². The Balaban J connectivity index is 2.66. The van der Waals surface area contributed by atoms with Gasteiger partial charge < -0.3 is 9.64 Å². The summed E-state index contributed by atoms with van der Waals surface area (Å²) in [5, 5.41) is 0. The Kier molecular flexibility index (Phi) is 2.42. The fourth-order valence-electron chi connectivity index (χ4n) is 1.62. The first-order chi connectivity index (χ1) is 5.54. The second kappa shape index (κ2) is 3.05. The molecule has 0 amide bonds. The van der Waals surface area contributed by atoms with Crippen LogP contribution in [0.3, 0.4) is 0 Å². The Bertz CT molecular complexity index is 185. The van der Waals surface area contributed by atoms with Gasteiger partial charge in [0, 0.05) is 6.04 Å². The minimum Gasteiger partial charge on any atom is -0.469 e.